The molecule has 1 N–H and O–H groups in total. The largest absolute Gasteiger partial charge is 1.00 e. The summed E-state index contributed by atoms with van der Waals surface area (Å²) in [6.45, 7) is 14.1. The Kier molecular flexibility index (Phi) is 7.44. The van der Waals surface area contributed by atoms with Crippen LogP contribution >= 0.6 is 0 Å². The summed E-state index contributed by atoms with van der Waals surface area (Å²) in [6, 6.07) is 0. The van der Waals surface area contributed by atoms with Gasteiger partial charge in [-0.15, -0.1) is 0 Å². The second-order valence-electron chi connectivity index (χ2n) is 5.17. The third-order valence-corrected chi connectivity index (χ3v) is 31.2. The van der Waals surface area contributed by atoms with Gasteiger partial charge in [0.15, 0.2) is 0 Å². The van der Waals surface area contributed by atoms with Gasteiger partial charge in [0.2, 0.25) is 0 Å². The molecule has 0 aromatic rings. The van der Waals surface area contributed by atoms with Crippen LogP contribution < -0.4 is 51.4 Å². The van der Waals surface area contributed by atoms with Crippen LogP contribution in [-0.2, 0) is 0 Å². The van der Waals surface area contributed by atoms with Crippen LogP contribution in [0.4, 0.5) is 0 Å². The van der Waals surface area contributed by atoms with Crippen molar-refractivity contribution in [2.75, 3.05) is 0 Å². The van der Waals surface area contributed by atoms with E-state index < -0.39 is 23.2 Å². The third kappa shape index (κ3) is 6.34. The summed E-state index contributed by atoms with van der Waals surface area (Å²) in [7, 11) is -3.11. The molecule has 0 amide bonds. The molecule has 0 heterocycles. The van der Waals surface area contributed by atoms with Gasteiger partial charge in [0.25, 0.3) is 0 Å². The molecule has 0 radical (unpaired) electrons. The van der Waals surface area contributed by atoms with Crippen molar-refractivity contribution in [3.05, 3.63) is 5.40 Å². The molecule has 0 fully saturated rings. The summed E-state index contributed by atoms with van der Waals surface area (Å²) in [5.41, 5.74) is 0. The van der Waals surface area contributed by atoms with Crippen molar-refractivity contribution in [3.63, 3.8) is 0 Å². The molecule has 0 aliphatic rings. The molecular formula is C6H20KNSi3. The van der Waals surface area contributed by atoms with Crippen molar-refractivity contribution in [2.24, 2.45) is 0 Å². The van der Waals surface area contributed by atoms with Crippen molar-refractivity contribution in [2.45, 2.75) is 39.3 Å². The molecule has 1 nitrogen and oxygen atoms in total. The molecule has 11 heavy (non-hydrogen) atoms. The van der Waals surface area contributed by atoms with E-state index in [-0.39, 0.29) is 51.4 Å². The van der Waals surface area contributed by atoms with Gasteiger partial charge in [0.05, 0.1) is 0 Å². The molecule has 0 unspecified atom stereocenters. The first kappa shape index (κ1) is 15.7. The van der Waals surface area contributed by atoms with Crippen LogP contribution in [0.25, 0.3) is 5.40 Å². The fourth-order valence-electron chi connectivity index (χ4n) is 1.30. The van der Waals surface area contributed by atoms with Crippen molar-refractivity contribution < 1.29 is 51.4 Å². The van der Waals surface area contributed by atoms with Gasteiger partial charge in [-0.05, 0) is 0 Å². The van der Waals surface area contributed by atoms with E-state index in [2.05, 4.69) is 39.3 Å². The summed E-state index contributed by atoms with van der Waals surface area (Å²) in [5, 5.41) is 8.14. The van der Waals surface area contributed by atoms with Crippen LogP contribution in [0.15, 0.2) is 0 Å². The molecule has 0 saturated heterocycles. The maximum Gasteiger partial charge on any atom is 1.00 e. The first-order valence-corrected chi connectivity index (χ1v) is 15.1. The number of rotatable bonds is 2. The monoisotopic (exact) mass is 229 g/mol. The van der Waals surface area contributed by atoms with Gasteiger partial charge in [-0.3, -0.25) is 0 Å². The number of hydrogen-bond donors (Lipinski definition) is 0. The molecular weight excluding hydrogens is 209 g/mol. The van der Waals surface area contributed by atoms with Crippen molar-refractivity contribution >= 4 is 23.2 Å². The van der Waals surface area contributed by atoms with E-state index in [1.807, 2.05) is 0 Å². The van der Waals surface area contributed by atoms with Crippen LogP contribution in [0.5, 0.6) is 0 Å². The van der Waals surface area contributed by atoms with E-state index in [0.717, 1.165) is 0 Å². The molecule has 0 bridgehead atoms. The van der Waals surface area contributed by atoms with Gasteiger partial charge in [0, 0.05) is 15.2 Å². The fraction of sp³-hybridized carbons (Fsp3) is 1.00. The van der Waals surface area contributed by atoms with Crippen LogP contribution in [0, 0.1) is 0 Å². The van der Waals surface area contributed by atoms with E-state index in [9.17, 15) is 0 Å². The summed E-state index contributed by atoms with van der Waals surface area (Å²) >= 11 is 0. The average molecular weight is 230 g/mol. The minimum absolute atomic E-state index is 0. The Labute approximate surface area is 117 Å². The van der Waals surface area contributed by atoms with Gasteiger partial charge >= 0.3 is 51.4 Å². The van der Waals surface area contributed by atoms with E-state index in [1.165, 1.54) is 0 Å². The third-order valence-electron chi connectivity index (χ3n) is 1.73. The maximum atomic E-state index is 8.14. The zero-order chi connectivity index (χ0) is 8.58. The SMILES string of the molecule is C[Si](C)(C)[SiH]([NH-])[Si](C)(C)C.[K+]. The number of nitrogens with one attached hydrogen (secondary N) is 1. The average Bonchev–Trinajstić information content (AvgIpc) is 1.59. The fourth-order valence-corrected chi connectivity index (χ4v) is 35.1. The van der Waals surface area contributed by atoms with E-state index >= 15 is 0 Å². The molecule has 5 heteroatoms. The Hall–Kier alpha value is 2.25. The number of hydrogen-bond acceptors (Lipinski definition) is 0. The summed E-state index contributed by atoms with van der Waals surface area (Å²) in [5.74, 6) is 0. The summed E-state index contributed by atoms with van der Waals surface area (Å²) in [6.07, 6.45) is 0. The van der Waals surface area contributed by atoms with Gasteiger partial charge in [-0.1, -0.05) is 47.3 Å². The van der Waals surface area contributed by atoms with Gasteiger partial charge < -0.3 is 5.40 Å². The second-order valence-corrected chi connectivity index (χ2v) is 31.1. The molecule has 0 rings (SSSR count). The van der Waals surface area contributed by atoms with Crippen LogP contribution in [0.3, 0.4) is 0 Å². The Morgan fingerprint density at radius 2 is 1.00 bits per heavy atom. The minimum Gasteiger partial charge on any atom is -0.685 e. The topological polar surface area (TPSA) is 23.8 Å². The standard InChI is InChI=1S/C6H20NSi3.K/c1-9(2,3)8(7)10(4,5)6;/h7-8H,1-6H3;/q-1;+1. The van der Waals surface area contributed by atoms with Gasteiger partial charge in [-0.25, -0.2) is 0 Å². The zero-order valence-corrected chi connectivity index (χ0v) is 15.4. The second kappa shape index (κ2) is 5.21. The molecule has 0 aliphatic heterocycles. The van der Waals surface area contributed by atoms with Crippen LogP contribution in [0.1, 0.15) is 0 Å². The van der Waals surface area contributed by atoms with Crippen molar-refractivity contribution in [1.82, 2.24) is 0 Å². The zero-order valence-electron chi connectivity index (χ0n) is 9.08. The van der Waals surface area contributed by atoms with E-state index in [1.54, 1.807) is 0 Å². The molecule has 0 spiro atoms. The summed E-state index contributed by atoms with van der Waals surface area (Å²) < 4.78 is 0. The molecule has 0 aromatic carbocycles. The quantitative estimate of drug-likeness (QED) is 0.576. The Bertz CT molecular complexity index is 102. The predicted octanol–water partition coefficient (Wildman–Crippen LogP) is -0.400. The molecule has 0 saturated carbocycles. The smallest absolute Gasteiger partial charge is 0.685 e. The Balaban J connectivity index is 0. The van der Waals surface area contributed by atoms with E-state index in [0.29, 0.717) is 0 Å². The molecule has 0 atom stereocenters. The maximum absolute atomic E-state index is 8.14. The molecule has 0 aromatic heterocycles. The molecule has 0 aliphatic carbocycles. The van der Waals surface area contributed by atoms with Crippen LogP contribution in [-0.4, -0.2) is 23.2 Å². The first-order valence-electron chi connectivity index (χ1n) is 3.87. The summed E-state index contributed by atoms with van der Waals surface area (Å²) in [4.78, 5) is 0. The first-order chi connectivity index (χ1) is 4.15. The Morgan fingerprint density at radius 3 is 1.00 bits per heavy atom. The minimum atomic E-state index is -1.05. The van der Waals surface area contributed by atoms with Gasteiger partial charge in [0.1, 0.15) is 0 Å². The van der Waals surface area contributed by atoms with Crippen molar-refractivity contribution in [3.8, 4) is 0 Å². The van der Waals surface area contributed by atoms with Crippen LogP contribution in [0.2, 0.25) is 39.3 Å². The normalized spacial score (nSPS) is 13.1. The van der Waals surface area contributed by atoms with E-state index in [4.69, 9.17) is 5.40 Å². The molecule has 62 valence electrons. The predicted molar refractivity (Wildman–Crippen MR) is 58.2 cm³/mol. The van der Waals surface area contributed by atoms with Crippen molar-refractivity contribution in [1.29, 1.82) is 0 Å². The van der Waals surface area contributed by atoms with Gasteiger partial charge in [-0.2, -0.15) is 0 Å². The Morgan fingerprint density at radius 1 is 0.818 bits per heavy atom.